The molecule has 10 heteroatoms. The zero-order valence-corrected chi connectivity index (χ0v) is 20.4. The average molecular weight is 477 g/mol. The van der Waals surface area contributed by atoms with Crippen molar-refractivity contribution in [3.05, 3.63) is 33.4 Å². The van der Waals surface area contributed by atoms with E-state index in [1.807, 2.05) is 13.8 Å². The minimum absolute atomic E-state index is 0.239. The molecule has 0 spiro atoms. The van der Waals surface area contributed by atoms with Crippen LogP contribution in [0.2, 0.25) is 5.02 Å². The number of aromatic nitrogens is 2. The molecule has 1 saturated heterocycles. The Morgan fingerprint density at radius 3 is 2.50 bits per heavy atom. The number of hydrogen-bond acceptors (Lipinski definition) is 7. The Morgan fingerprint density at radius 2 is 1.84 bits per heavy atom. The summed E-state index contributed by atoms with van der Waals surface area (Å²) in [6.07, 6.45) is 0. The van der Waals surface area contributed by atoms with Crippen LogP contribution in [0.5, 0.6) is 11.5 Å². The van der Waals surface area contributed by atoms with Gasteiger partial charge in [0.05, 0.1) is 68.4 Å². The van der Waals surface area contributed by atoms with E-state index in [2.05, 4.69) is 22.2 Å². The molecule has 1 fully saturated rings. The first-order chi connectivity index (χ1) is 15.3. The molecule has 1 amide bonds. The minimum atomic E-state index is -0.239. The maximum Gasteiger partial charge on any atom is 0.266 e. The molecule has 32 heavy (non-hydrogen) atoms. The van der Waals surface area contributed by atoms with Gasteiger partial charge in [-0.3, -0.25) is 4.79 Å². The SMILES string of the molecule is COc1cc(OC)c(NC(=O)c2sc3nc(C)nc(N4CC[NH+](C)CC4)c3c2C)cc1Cl. The number of benzene rings is 1. The van der Waals surface area contributed by atoms with Crippen LogP contribution in [0.1, 0.15) is 21.1 Å². The highest BCUT2D eigenvalue weighted by molar-refractivity contribution is 7.20. The Balaban J connectivity index is 1.71. The number of anilines is 2. The van der Waals surface area contributed by atoms with Crippen LogP contribution in [0.25, 0.3) is 10.2 Å². The number of carbonyl (C=O) groups is 1. The van der Waals surface area contributed by atoms with Gasteiger partial charge in [-0.15, -0.1) is 11.3 Å². The quantitative estimate of drug-likeness (QED) is 0.589. The molecule has 8 nitrogen and oxygen atoms in total. The number of piperazine rings is 1. The molecule has 170 valence electrons. The fraction of sp³-hybridized carbons (Fsp3) is 0.409. The lowest BCUT2D eigenvalue weighted by Gasteiger charge is -2.31. The number of carbonyl (C=O) groups excluding carboxylic acids is 1. The van der Waals surface area contributed by atoms with Crippen LogP contribution < -0.4 is 24.6 Å². The van der Waals surface area contributed by atoms with Crippen LogP contribution in [-0.2, 0) is 0 Å². The number of thiophene rings is 1. The van der Waals surface area contributed by atoms with E-state index in [0.717, 1.165) is 47.8 Å². The third-order valence-corrected chi connectivity index (χ3v) is 7.21. The van der Waals surface area contributed by atoms with Gasteiger partial charge in [0.1, 0.15) is 28.0 Å². The first-order valence-corrected chi connectivity index (χ1v) is 11.6. The van der Waals surface area contributed by atoms with Gasteiger partial charge in [-0.05, 0) is 25.5 Å². The molecule has 0 atom stereocenters. The van der Waals surface area contributed by atoms with Crippen LogP contribution in [0.15, 0.2) is 12.1 Å². The number of rotatable bonds is 5. The molecular formula is C22H27ClN5O3S+. The van der Waals surface area contributed by atoms with E-state index < -0.39 is 0 Å². The monoisotopic (exact) mass is 476 g/mol. The predicted molar refractivity (Wildman–Crippen MR) is 128 cm³/mol. The molecule has 0 aliphatic carbocycles. The summed E-state index contributed by atoms with van der Waals surface area (Å²) in [5, 5.41) is 4.27. The smallest absolute Gasteiger partial charge is 0.266 e. The second-order valence-corrected chi connectivity index (χ2v) is 9.32. The van der Waals surface area contributed by atoms with Crippen molar-refractivity contribution in [2.24, 2.45) is 0 Å². The van der Waals surface area contributed by atoms with E-state index in [4.69, 9.17) is 26.1 Å². The van der Waals surface area contributed by atoms with E-state index in [-0.39, 0.29) is 5.91 Å². The zero-order chi connectivity index (χ0) is 23.0. The van der Waals surface area contributed by atoms with E-state index in [1.165, 1.54) is 30.5 Å². The Kier molecular flexibility index (Phi) is 6.41. The summed E-state index contributed by atoms with van der Waals surface area (Å²) >= 11 is 7.64. The Labute approximate surface area is 196 Å². The van der Waals surface area contributed by atoms with Gasteiger partial charge in [0, 0.05) is 6.07 Å². The van der Waals surface area contributed by atoms with Gasteiger partial charge in [0.15, 0.2) is 0 Å². The lowest BCUT2D eigenvalue weighted by molar-refractivity contribution is -0.880. The molecule has 1 aliphatic heterocycles. The van der Waals surface area contributed by atoms with Crippen molar-refractivity contribution < 1.29 is 19.2 Å². The molecule has 2 N–H and O–H groups in total. The van der Waals surface area contributed by atoms with Crippen molar-refractivity contribution in [2.75, 3.05) is 57.7 Å². The highest BCUT2D eigenvalue weighted by atomic mass is 35.5. The van der Waals surface area contributed by atoms with E-state index in [0.29, 0.717) is 32.9 Å². The van der Waals surface area contributed by atoms with Crippen molar-refractivity contribution >= 4 is 50.6 Å². The number of nitrogens with zero attached hydrogens (tertiary/aromatic N) is 3. The summed E-state index contributed by atoms with van der Waals surface area (Å²) in [4.78, 5) is 27.9. The van der Waals surface area contributed by atoms with Gasteiger partial charge in [-0.25, -0.2) is 9.97 Å². The number of fused-ring (bicyclic) bond motifs is 1. The molecule has 2 aromatic heterocycles. The third kappa shape index (κ3) is 4.20. The number of ether oxygens (including phenoxy) is 2. The summed E-state index contributed by atoms with van der Waals surface area (Å²) in [6, 6.07) is 3.28. The lowest BCUT2D eigenvalue weighted by Crippen LogP contribution is -3.12. The lowest BCUT2D eigenvalue weighted by atomic mass is 10.1. The number of hydrogen-bond donors (Lipinski definition) is 2. The number of nitrogens with one attached hydrogen (secondary N) is 2. The molecule has 0 unspecified atom stereocenters. The predicted octanol–water partition coefficient (Wildman–Crippen LogP) is 2.57. The highest BCUT2D eigenvalue weighted by Crippen LogP contribution is 2.38. The van der Waals surface area contributed by atoms with Crippen LogP contribution >= 0.6 is 22.9 Å². The maximum absolute atomic E-state index is 13.3. The summed E-state index contributed by atoms with van der Waals surface area (Å²) < 4.78 is 10.6. The first-order valence-electron chi connectivity index (χ1n) is 10.4. The Morgan fingerprint density at radius 1 is 1.16 bits per heavy atom. The van der Waals surface area contributed by atoms with Gasteiger partial charge in [-0.2, -0.15) is 0 Å². The van der Waals surface area contributed by atoms with Crippen molar-refractivity contribution in [2.45, 2.75) is 13.8 Å². The van der Waals surface area contributed by atoms with Gasteiger partial charge < -0.3 is 24.6 Å². The molecule has 1 aliphatic rings. The maximum atomic E-state index is 13.3. The summed E-state index contributed by atoms with van der Waals surface area (Å²) in [5.74, 6) is 2.32. The normalized spacial score (nSPS) is 14.6. The van der Waals surface area contributed by atoms with Crippen molar-refractivity contribution in [1.82, 2.24) is 9.97 Å². The van der Waals surface area contributed by atoms with Gasteiger partial charge >= 0.3 is 0 Å². The molecule has 1 aromatic carbocycles. The molecule has 0 bridgehead atoms. The summed E-state index contributed by atoms with van der Waals surface area (Å²) in [6.45, 7) is 7.81. The largest absolute Gasteiger partial charge is 0.495 e. The van der Waals surface area contributed by atoms with Crippen molar-refractivity contribution in [1.29, 1.82) is 0 Å². The van der Waals surface area contributed by atoms with Gasteiger partial charge in [0.25, 0.3) is 5.91 Å². The molecular weight excluding hydrogens is 450 g/mol. The second kappa shape index (κ2) is 9.09. The number of methoxy groups -OCH3 is 2. The Bertz CT molecular complexity index is 1170. The first kappa shape index (κ1) is 22.6. The number of quaternary nitrogens is 1. The van der Waals surface area contributed by atoms with Crippen LogP contribution in [0.4, 0.5) is 11.5 Å². The Hall–Kier alpha value is -2.62. The molecule has 4 rings (SSSR count). The number of likely N-dealkylation sites (N-methyl/N-ethyl adjacent to an activating group) is 1. The van der Waals surface area contributed by atoms with E-state index in [1.54, 1.807) is 12.1 Å². The number of halogens is 1. The topological polar surface area (TPSA) is 81.0 Å². The second-order valence-electron chi connectivity index (χ2n) is 7.92. The number of amides is 1. The molecule has 0 radical (unpaired) electrons. The van der Waals surface area contributed by atoms with E-state index in [9.17, 15) is 4.79 Å². The van der Waals surface area contributed by atoms with Crippen LogP contribution in [0.3, 0.4) is 0 Å². The summed E-state index contributed by atoms with van der Waals surface area (Å²) in [5.41, 5.74) is 1.35. The molecule has 0 saturated carbocycles. The fourth-order valence-electron chi connectivity index (χ4n) is 3.90. The van der Waals surface area contributed by atoms with Crippen molar-refractivity contribution in [3.63, 3.8) is 0 Å². The number of aryl methyl sites for hydroxylation is 2. The molecule has 3 aromatic rings. The van der Waals surface area contributed by atoms with Crippen LogP contribution in [0, 0.1) is 13.8 Å². The fourth-order valence-corrected chi connectivity index (χ4v) is 5.26. The zero-order valence-electron chi connectivity index (χ0n) is 18.8. The summed E-state index contributed by atoms with van der Waals surface area (Å²) in [7, 11) is 5.27. The van der Waals surface area contributed by atoms with Gasteiger partial charge in [-0.1, -0.05) is 11.6 Å². The third-order valence-electron chi connectivity index (χ3n) is 5.73. The standard InChI is InChI=1S/C22H26ClN5O3S/c1-12-18-20(28-8-6-27(3)7-9-28)24-13(2)25-22(18)32-19(12)21(29)26-15-10-14(23)16(30-4)11-17(15)31-5/h10-11H,6-9H2,1-5H3,(H,26,29)/p+1. The minimum Gasteiger partial charge on any atom is -0.495 e. The van der Waals surface area contributed by atoms with Crippen LogP contribution in [-0.4, -0.2) is 63.3 Å². The molecule has 3 heterocycles. The van der Waals surface area contributed by atoms with Gasteiger partial charge in [0.2, 0.25) is 0 Å². The van der Waals surface area contributed by atoms with Crippen molar-refractivity contribution in [3.8, 4) is 11.5 Å². The van der Waals surface area contributed by atoms with E-state index >= 15 is 0 Å². The highest BCUT2D eigenvalue weighted by Gasteiger charge is 2.26. The average Bonchev–Trinajstić information content (AvgIpc) is 3.10.